The van der Waals surface area contributed by atoms with Gasteiger partial charge in [0.05, 0.1) is 0 Å². The molecule has 214 valence electrons. The molecule has 1 aliphatic carbocycles. The molecule has 6 nitrogen and oxygen atoms in total. The van der Waals surface area contributed by atoms with Crippen LogP contribution in [0.15, 0.2) is 48.5 Å². The van der Waals surface area contributed by atoms with Gasteiger partial charge in [-0.1, -0.05) is 50.5 Å². The summed E-state index contributed by atoms with van der Waals surface area (Å²) in [5.41, 5.74) is 4.12. The van der Waals surface area contributed by atoms with Crippen molar-refractivity contribution in [3.05, 3.63) is 65.2 Å². The van der Waals surface area contributed by atoms with Crippen molar-refractivity contribution in [1.82, 2.24) is 9.80 Å². The maximum Gasteiger partial charge on any atom is 0.490 e. The van der Waals surface area contributed by atoms with E-state index in [1.54, 1.807) is 0 Å². The van der Waals surface area contributed by atoms with Crippen molar-refractivity contribution in [3.8, 4) is 0 Å². The normalized spacial score (nSPS) is 17.5. The predicted octanol–water partition coefficient (Wildman–Crippen LogP) is 6.22. The number of hydrogen-bond donors (Lipinski definition) is 2. The first-order valence-electron chi connectivity index (χ1n) is 13.9. The second kappa shape index (κ2) is 15.0. The lowest BCUT2D eigenvalue weighted by Crippen LogP contribution is -2.34. The number of rotatable bonds is 7. The van der Waals surface area contributed by atoms with Gasteiger partial charge in [-0.25, -0.2) is 4.79 Å². The molecule has 2 aromatic rings. The monoisotopic (exact) mass is 547 g/mol. The highest BCUT2D eigenvalue weighted by atomic mass is 19.4. The number of hydrogen-bond acceptors (Lipinski definition) is 4. The smallest absolute Gasteiger partial charge is 0.475 e. The van der Waals surface area contributed by atoms with Gasteiger partial charge in [-0.3, -0.25) is 9.69 Å². The van der Waals surface area contributed by atoms with Crippen LogP contribution in [0.3, 0.4) is 0 Å². The number of benzene rings is 2. The molecule has 2 fully saturated rings. The Bertz CT molecular complexity index is 1040. The fourth-order valence-corrected chi connectivity index (χ4v) is 5.15. The summed E-state index contributed by atoms with van der Waals surface area (Å²) in [7, 11) is 0. The minimum atomic E-state index is -5.08. The number of amides is 1. The van der Waals surface area contributed by atoms with E-state index in [1.807, 2.05) is 24.3 Å². The summed E-state index contributed by atoms with van der Waals surface area (Å²) in [6, 6.07) is 16.2. The average Bonchev–Trinajstić information content (AvgIpc) is 3.14. The molecule has 9 heteroatoms. The molecule has 0 atom stereocenters. The Hall–Kier alpha value is -2.91. The second-order valence-electron chi connectivity index (χ2n) is 10.4. The van der Waals surface area contributed by atoms with E-state index in [1.165, 1.54) is 69.3 Å². The Morgan fingerprint density at radius 3 is 2.00 bits per heavy atom. The van der Waals surface area contributed by atoms with Gasteiger partial charge in [0.25, 0.3) is 5.91 Å². The molecule has 2 N–H and O–H groups in total. The van der Waals surface area contributed by atoms with Crippen LogP contribution in [-0.4, -0.2) is 65.7 Å². The largest absolute Gasteiger partial charge is 0.490 e. The van der Waals surface area contributed by atoms with E-state index in [0.29, 0.717) is 5.56 Å². The molecule has 1 heterocycles. The van der Waals surface area contributed by atoms with Crippen LogP contribution >= 0.6 is 0 Å². The molecule has 4 rings (SSSR count). The number of carboxylic acid groups (broad SMARTS) is 1. The Labute approximate surface area is 229 Å². The molecular weight excluding hydrogens is 507 g/mol. The molecule has 1 saturated heterocycles. The molecule has 1 saturated carbocycles. The number of anilines is 1. The van der Waals surface area contributed by atoms with Crippen molar-refractivity contribution in [2.75, 3.05) is 38.0 Å². The SMILES string of the molecule is CCc1ccc(NC(=O)c2ccc(CN3CCCN(CC4CCCCC4)CC3)cc2)cc1.O=C(O)C(F)(F)F. The van der Waals surface area contributed by atoms with Gasteiger partial charge in [0.15, 0.2) is 0 Å². The second-order valence-corrected chi connectivity index (χ2v) is 10.4. The van der Waals surface area contributed by atoms with Crippen LogP contribution in [0.4, 0.5) is 18.9 Å². The number of carbonyl (C=O) groups is 2. The first-order valence-corrected chi connectivity index (χ1v) is 13.9. The van der Waals surface area contributed by atoms with Gasteiger partial charge in [0, 0.05) is 37.4 Å². The van der Waals surface area contributed by atoms with Crippen molar-refractivity contribution >= 4 is 17.6 Å². The molecular formula is C30H40F3N3O3. The third-order valence-electron chi connectivity index (χ3n) is 7.41. The molecule has 0 bridgehead atoms. The van der Waals surface area contributed by atoms with Crippen LogP contribution in [0.1, 0.15) is 66.9 Å². The number of nitrogens with zero attached hydrogens (tertiary/aromatic N) is 2. The minimum Gasteiger partial charge on any atom is -0.475 e. The van der Waals surface area contributed by atoms with Crippen molar-refractivity contribution in [2.24, 2.45) is 5.92 Å². The van der Waals surface area contributed by atoms with Gasteiger partial charge >= 0.3 is 12.1 Å². The van der Waals surface area contributed by atoms with Gasteiger partial charge in [0.2, 0.25) is 0 Å². The number of aryl methyl sites for hydroxylation is 1. The van der Waals surface area contributed by atoms with E-state index in [-0.39, 0.29) is 5.91 Å². The summed E-state index contributed by atoms with van der Waals surface area (Å²) in [5, 5.41) is 10.1. The zero-order valence-corrected chi connectivity index (χ0v) is 22.7. The Kier molecular flexibility index (Phi) is 11.8. The summed E-state index contributed by atoms with van der Waals surface area (Å²) in [6.45, 7) is 9.14. The summed E-state index contributed by atoms with van der Waals surface area (Å²) < 4.78 is 31.7. The van der Waals surface area contributed by atoms with Crippen LogP contribution in [0.5, 0.6) is 0 Å². The Morgan fingerprint density at radius 1 is 0.846 bits per heavy atom. The minimum absolute atomic E-state index is 0.0473. The number of aliphatic carboxylic acids is 1. The van der Waals surface area contributed by atoms with Crippen molar-refractivity contribution < 1.29 is 27.9 Å². The predicted molar refractivity (Wildman–Crippen MR) is 147 cm³/mol. The lowest BCUT2D eigenvalue weighted by Gasteiger charge is -2.29. The quantitative estimate of drug-likeness (QED) is 0.431. The summed E-state index contributed by atoms with van der Waals surface area (Å²) in [6.07, 6.45) is 4.36. The van der Waals surface area contributed by atoms with Crippen molar-refractivity contribution in [3.63, 3.8) is 0 Å². The molecule has 0 unspecified atom stereocenters. The highest BCUT2D eigenvalue weighted by Crippen LogP contribution is 2.25. The standard InChI is InChI=1S/C28H39N3O.C2HF3O2/c1-2-23-11-15-27(16-12-23)29-28(32)26-13-9-25(10-14-26)22-31-18-6-17-30(19-20-31)21-24-7-4-3-5-8-24;3-2(4,5)1(6)7/h9-16,24H,2-8,17-22H2,1H3,(H,29,32);(H,6,7). The zero-order valence-electron chi connectivity index (χ0n) is 22.7. The van der Waals surface area contributed by atoms with Gasteiger partial charge in [-0.2, -0.15) is 13.2 Å². The van der Waals surface area contributed by atoms with Gasteiger partial charge in [-0.15, -0.1) is 0 Å². The van der Waals surface area contributed by atoms with E-state index >= 15 is 0 Å². The maximum atomic E-state index is 12.6. The molecule has 2 aromatic carbocycles. The molecule has 0 aromatic heterocycles. The number of nitrogens with one attached hydrogen (secondary N) is 1. The van der Waals surface area contributed by atoms with Gasteiger partial charge in [0.1, 0.15) is 0 Å². The third kappa shape index (κ3) is 10.6. The van der Waals surface area contributed by atoms with Crippen LogP contribution in [0.2, 0.25) is 0 Å². The molecule has 1 aliphatic heterocycles. The topological polar surface area (TPSA) is 72.9 Å². The third-order valence-corrected chi connectivity index (χ3v) is 7.41. The van der Waals surface area contributed by atoms with Crippen LogP contribution in [0, 0.1) is 5.92 Å². The summed E-state index contributed by atoms with van der Waals surface area (Å²) >= 11 is 0. The first kappa shape index (κ1) is 30.6. The zero-order chi connectivity index (χ0) is 28.3. The summed E-state index contributed by atoms with van der Waals surface area (Å²) in [4.78, 5) is 26.8. The number of alkyl halides is 3. The van der Waals surface area contributed by atoms with E-state index in [0.717, 1.165) is 37.7 Å². The van der Waals surface area contributed by atoms with Gasteiger partial charge < -0.3 is 15.3 Å². The molecule has 39 heavy (non-hydrogen) atoms. The van der Waals surface area contributed by atoms with Gasteiger partial charge in [-0.05, 0) is 80.1 Å². The van der Waals surface area contributed by atoms with E-state index in [9.17, 15) is 18.0 Å². The average molecular weight is 548 g/mol. The first-order chi connectivity index (χ1) is 18.6. The highest BCUT2D eigenvalue weighted by Gasteiger charge is 2.38. The number of carboxylic acids is 1. The number of carbonyl (C=O) groups excluding carboxylic acids is 1. The lowest BCUT2D eigenvalue weighted by molar-refractivity contribution is -0.192. The Morgan fingerprint density at radius 2 is 1.41 bits per heavy atom. The highest BCUT2D eigenvalue weighted by molar-refractivity contribution is 6.04. The maximum absolute atomic E-state index is 12.6. The van der Waals surface area contributed by atoms with Crippen LogP contribution < -0.4 is 5.32 Å². The van der Waals surface area contributed by atoms with Crippen LogP contribution in [0.25, 0.3) is 0 Å². The van der Waals surface area contributed by atoms with Crippen molar-refractivity contribution in [2.45, 2.75) is 64.6 Å². The Balaban J connectivity index is 0.000000532. The van der Waals surface area contributed by atoms with E-state index in [4.69, 9.17) is 9.90 Å². The molecule has 2 aliphatic rings. The van der Waals surface area contributed by atoms with E-state index < -0.39 is 12.1 Å². The van der Waals surface area contributed by atoms with Crippen molar-refractivity contribution in [1.29, 1.82) is 0 Å². The van der Waals surface area contributed by atoms with E-state index in [2.05, 4.69) is 46.3 Å². The molecule has 1 amide bonds. The fraction of sp³-hybridized carbons (Fsp3) is 0.533. The summed E-state index contributed by atoms with van der Waals surface area (Å²) in [5.74, 6) is -1.88. The lowest BCUT2D eigenvalue weighted by atomic mass is 9.89. The van der Waals surface area contributed by atoms with Crippen LogP contribution in [-0.2, 0) is 17.8 Å². The number of halogens is 3. The molecule has 0 radical (unpaired) electrons. The molecule has 0 spiro atoms. The fourth-order valence-electron chi connectivity index (χ4n) is 5.15.